The van der Waals surface area contributed by atoms with Gasteiger partial charge < -0.3 is 14.7 Å². The molecule has 2 aromatic carbocycles. The monoisotopic (exact) mass is 503 g/mol. The lowest BCUT2D eigenvalue weighted by Crippen LogP contribution is -2.49. The van der Waals surface area contributed by atoms with E-state index < -0.39 is 9.84 Å². The van der Waals surface area contributed by atoms with Gasteiger partial charge in [0.25, 0.3) is 0 Å². The van der Waals surface area contributed by atoms with Crippen molar-refractivity contribution in [3.63, 3.8) is 0 Å². The molecule has 0 aliphatic carbocycles. The number of rotatable bonds is 6. The topological polar surface area (TPSA) is 78.0 Å². The van der Waals surface area contributed by atoms with Crippen LogP contribution in [-0.4, -0.2) is 63.1 Å². The van der Waals surface area contributed by atoms with E-state index in [-0.39, 0.29) is 34.9 Å². The first-order chi connectivity index (χ1) is 16.2. The minimum Gasteiger partial charge on any atom is -0.368 e. The molecular weight excluding hydrogens is 474 g/mol. The highest BCUT2D eigenvalue weighted by Gasteiger charge is 2.31. The number of anilines is 2. The zero-order chi connectivity index (χ0) is 24.5. The van der Waals surface area contributed by atoms with Crippen LogP contribution in [0.1, 0.15) is 32.3 Å². The molecule has 182 valence electrons. The smallest absolute Gasteiger partial charge is 0.226 e. The Kier molecular flexibility index (Phi) is 7.19. The third-order valence-electron chi connectivity index (χ3n) is 6.59. The molecule has 0 N–H and O–H groups in total. The highest BCUT2D eigenvalue weighted by molar-refractivity contribution is 7.91. The van der Waals surface area contributed by atoms with E-state index in [2.05, 4.69) is 4.90 Å². The normalized spacial score (nSPS) is 18.2. The molecule has 2 aliphatic rings. The number of halogens is 1. The molecule has 2 aliphatic heterocycles. The predicted octanol–water partition coefficient (Wildman–Crippen LogP) is 3.54. The molecule has 9 heteroatoms. The lowest BCUT2D eigenvalue weighted by atomic mass is 10.1. The van der Waals surface area contributed by atoms with E-state index in [9.17, 15) is 18.0 Å². The minimum atomic E-state index is -3.61. The summed E-state index contributed by atoms with van der Waals surface area (Å²) in [6.07, 6.45) is 0.979. The van der Waals surface area contributed by atoms with Crippen molar-refractivity contribution in [1.82, 2.24) is 4.90 Å². The highest BCUT2D eigenvalue weighted by atomic mass is 35.5. The standard InChI is InChI=1S/C25H30ClN3O4S/c1-3-24(30)29-18(2)15-19-16-22(7-8-23(19)29)34(32,33)14-9-25(31)28-12-10-27(11-13-28)21-6-4-5-20(26)17-21/h4-8,16-18H,3,9-15H2,1-2H3. The SMILES string of the molecule is CCC(=O)N1c2ccc(S(=O)(=O)CCC(=O)N3CCN(c4cccc(Cl)c4)CC3)cc2CC1C. The largest absolute Gasteiger partial charge is 0.368 e. The number of benzene rings is 2. The number of carbonyl (C=O) groups excluding carboxylic acids is 2. The van der Waals surface area contributed by atoms with Crippen molar-refractivity contribution in [2.24, 2.45) is 0 Å². The Balaban J connectivity index is 1.35. The molecule has 2 amide bonds. The third-order valence-corrected chi connectivity index (χ3v) is 8.54. The van der Waals surface area contributed by atoms with Gasteiger partial charge in [0.2, 0.25) is 11.8 Å². The second-order valence-electron chi connectivity index (χ2n) is 8.88. The molecule has 1 saturated heterocycles. The second kappa shape index (κ2) is 9.96. The van der Waals surface area contributed by atoms with E-state index in [0.29, 0.717) is 44.0 Å². The van der Waals surface area contributed by atoms with Crippen LogP contribution in [0.2, 0.25) is 5.02 Å². The van der Waals surface area contributed by atoms with E-state index in [0.717, 1.165) is 16.9 Å². The molecule has 0 radical (unpaired) electrons. The Hall–Kier alpha value is -2.58. The molecule has 0 aromatic heterocycles. The third kappa shape index (κ3) is 5.08. The van der Waals surface area contributed by atoms with Crippen molar-refractivity contribution in [3.05, 3.63) is 53.1 Å². The van der Waals surface area contributed by atoms with Gasteiger partial charge in [-0.3, -0.25) is 9.59 Å². The van der Waals surface area contributed by atoms with Gasteiger partial charge in [-0.1, -0.05) is 24.6 Å². The summed E-state index contributed by atoms with van der Waals surface area (Å²) in [6.45, 7) is 6.23. The maximum Gasteiger partial charge on any atom is 0.226 e. The fraction of sp³-hybridized carbons (Fsp3) is 0.440. The van der Waals surface area contributed by atoms with Crippen molar-refractivity contribution >= 4 is 44.6 Å². The molecule has 34 heavy (non-hydrogen) atoms. The average Bonchev–Trinajstić information content (AvgIpc) is 3.17. The first-order valence-electron chi connectivity index (χ1n) is 11.7. The molecule has 4 rings (SSSR count). The Morgan fingerprint density at radius 2 is 1.76 bits per heavy atom. The Morgan fingerprint density at radius 3 is 2.44 bits per heavy atom. The Bertz CT molecular complexity index is 1190. The molecule has 0 spiro atoms. The van der Waals surface area contributed by atoms with Crippen LogP contribution in [0.4, 0.5) is 11.4 Å². The summed E-state index contributed by atoms with van der Waals surface area (Å²) in [7, 11) is -3.61. The van der Waals surface area contributed by atoms with Gasteiger partial charge in [-0.2, -0.15) is 0 Å². The summed E-state index contributed by atoms with van der Waals surface area (Å²) in [6, 6.07) is 12.6. The van der Waals surface area contributed by atoms with Crippen molar-refractivity contribution in [2.75, 3.05) is 41.7 Å². The lowest BCUT2D eigenvalue weighted by molar-refractivity contribution is -0.131. The number of sulfone groups is 1. The van der Waals surface area contributed by atoms with E-state index in [1.165, 1.54) is 0 Å². The number of carbonyl (C=O) groups is 2. The number of hydrogen-bond acceptors (Lipinski definition) is 5. The number of fused-ring (bicyclic) bond motifs is 1. The van der Waals surface area contributed by atoms with Gasteiger partial charge in [0.05, 0.1) is 10.6 Å². The maximum absolute atomic E-state index is 13.0. The van der Waals surface area contributed by atoms with Crippen LogP contribution in [0.15, 0.2) is 47.4 Å². The van der Waals surface area contributed by atoms with Gasteiger partial charge in [-0.05, 0) is 55.3 Å². The number of amides is 2. The van der Waals surface area contributed by atoms with Crippen LogP contribution in [0, 0.1) is 0 Å². The summed E-state index contributed by atoms with van der Waals surface area (Å²) < 4.78 is 25.9. The molecule has 7 nitrogen and oxygen atoms in total. The van der Waals surface area contributed by atoms with Crippen LogP contribution < -0.4 is 9.80 Å². The summed E-state index contributed by atoms with van der Waals surface area (Å²) in [5, 5.41) is 0.673. The summed E-state index contributed by atoms with van der Waals surface area (Å²) >= 11 is 6.08. The Morgan fingerprint density at radius 1 is 1.03 bits per heavy atom. The fourth-order valence-electron chi connectivity index (χ4n) is 4.74. The van der Waals surface area contributed by atoms with Gasteiger partial charge in [0, 0.05) is 61.5 Å². The van der Waals surface area contributed by atoms with Gasteiger partial charge in [-0.25, -0.2) is 8.42 Å². The van der Waals surface area contributed by atoms with Gasteiger partial charge in [0.15, 0.2) is 9.84 Å². The van der Waals surface area contributed by atoms with Crippen molar-refractivity contribution < 1.29 is 18.0 Å². The van der Waals surface area contributed by atoms with Crippen LogP contribution in [0.3, 0.4) is 0 Å². The van der Waals surface area contributed by atoms with Crippen LogP contribution in [0.25, 0.3) is 0 Å². The minimum absolute atomic E-state index is 0.00700. The van der Waals surface area contributed by atoms with Gasteiger partial charge in [0.1, 0.15) is 0 Å². The number of piperazine rings is 1. The molecule has 1 fully saturated rings. The zero-order valence-electron chi connectivity index (χ0n) is 19.5. The molecule has 0 saturated carbocycles. The van der Waals surface area contributed by atoms with Gasteiger partial charge in [-0.15, -0.1) is 0 Å². The molecule has 0 bridgehead atoms. The second-order valence-corrected chi connectivity index (χ2v) is 11.4. The van der Waals surface area contributed by atoms with Crippen LogP contribution >= 0.6 is 11.6 Å². The van der Waals surface area contributed by atoms with Gasteiger partial charge >= 0.3 is 0 Å². The van der Waals surface area contributed by atoms with E-state index in [1.807, 2.05) is 38.1 Å². The highest BCUT2D eigenvalue weighted by Crippen LogP contribution is 2.34. The molecule has 2 heterocycles. The van der Waals surface area contributed by atoms with E-state index in [1.54, 1.807) is 28.0 Å². The van der Waals surface area contributed by atoms with Crippen molar-refractivity contribution in [1.29, 1.82) is 0 Å². The zero-order valence-corrected chi connectivity index (χ0v) is 21.1. The predicted molar refractivity (Wildman–Crippen MR) is 134 cm³/mol. The van der Waals surface area contributed by atoms with Crippen molar-refractivity contribution in [2.45, 2.75) is 44.0 Å². The first kappa shape index (κ1) is 24.5. The summed E-state index contributed by atoms with van der Waals surface area (Å²) in [5.41, 5.74) is 2.66. The van der Waals surface area contributed by atoms with Crippen LogP contribution in [0.5, 0.6) is 0 Å². The quantitative estimate of drug-likeness (QED) is 0.602. The lowest BCUT2D eigenvalue weighted by Gasteiger charge is -2.36. The molecule has 2 aromatic rings. The van der Waals surface area contributed by atoms with E-state index in [4.69, 9.17) is 11.6 Å². The van der Waals surface area contributed by atoms with Crippen molar-refractivity contribution in [3.8, 4) is 0 Å². The van der Waals surface area contributed by atoms with Crippen LogP contribution in [-0.2, 0) is 25.8 Å². The molecule has 1 atom stereocenters. The van der Waals surface area contributed by atoms with E-state index >= 15 is 0 Å². The maximum atomic E-state index is 13.0. The average molecular weight is 504 g/mol. The summed E-state index contributed by atoms with van der Waals surface area (Å²) in [4.78, 5) is 30.9. The number of nitrogens with zero attached hydrogens (tertiary/aromatic N) is 3. The first-order valence-corrected chi connectivity index (χ1v) is 13.7. The Labute approximate surface area is 206 Å². The molecule has 1 unspecified atom stereocenters. The summed E-state index contributed by atoms with van der Waals surface area (Å²) in [5.74, 6) is -0.349. The fourth-order valence-corrected chi connectivity index (χ4v) is 6.20. The number of hydrogen-bond donors (Lipinski definition) is 0. The molecular formula is C25H30ClN3O4S.